The molecule has 0 saturated heterocycles. The highest BCUT2D eigenvalue weighted by atomic mass is 19.1. The third-order valence-corrected chi connectivity index (χ3v) is 4.35. The molecule has 0 saturated carbocycles. The molecule has 0 bridgehead atoms. The summed E-state index contributed by atoms with van der Waals surface area (Å²) < 4.78 is 28.5. The zero-order valence-corrected chi connectivity index (χ0v) is 13.1. The number of halogens is 2. The van der Waals surface area contributed by atoms with E-state index in [2.05, 4.69) is 5.32 Å². The van der Waals surface area contributed by atoms with Gasteiger partial charge in [0, 0.05) is 31.5 Å². The van der Waals surface area contributed by atoms with E-state index in [1.165, 1.54) is 24.3 Å². The highest BCUT2D eigenvalue weighted by molar-refractivity contribution is 5.40. The number of fused-ring (bicyclic) bond motifs is 1. The number of nitrogens with one attached hydrogen (secondary N) is 1. The van der Waals surface area contributed by atoms with Gasteiger partial charge in [0.25, 0.3) is 0 Å². The molecule has 0 unspecified atom stereocenters. The average molecular weight is 325 g/mol. The van der Waals surface area contributed by atoms with Crippen molar-refractivity contribution in [1.29, 1.82) is 0 Å². The van der Waals surface area contributed by atoms with Gasteiger partial charge in [-0.1, -0.05) is 18.2 Å². The molecule has 2 heterocycles. The fourth-order valence-corrected chi connectivity index (χ4v) is 3.18. The van der Waals surface area contributed by atoms with Crippen LogP contribution >= 0.6 is 0 Å². The van der Waals surface area contributed by atoms with E-state index in [0.29, 0.717) is 6.42 Å². The summed E-state index contributed by atoms with van der Waals surface area (Å²) in [5.74, 6) is -0.515. The van der Waals surface area contributed by atoms with E-state index in [1.807, 2.05) is 10.7 Å². The van der Waals surface area contributed by atoms with Gasteiger partial charge in [-0.2, -0.15) is 5.10 Å². The van der Waals surface area contributed by atoms with Crippen molar-refractivity contribution in [2.45, 2.75) is 19.4 Å². The summed E-state index contributed by atoms with van der Waals surface area (Å²) in [5.41, 5.74) is 4.98. The fourth-order valence-electron chi connectivity index (χ4n) is 3.18. The van der Waals surface area contributed by atoms with Crippen LogP contribution in [0.1, 0.15) is 22.5 Å². The summed E-state index contributed by atoms with van der Waals surface area (Å²) in [6, 6.07) is 13.0. The van der Waals surface area contributed by atoms with Gasteiger partial charge < -0.3 is 5.32 Å². The lowest BCUT2D eigenvalue weighted by Crippen LogP contribution is -2.25. The first-order chi connectivity index (χ1) is 11.7. The first kappa shape index (κ1) is 15.0. The van der Waals surface area contributed by atoms with Gasteiger partial charge in [-0.15, -0.1) is 0 Å². The van der Waals surface area contributed by atoms with E-state index in [4.69, 9.17) is 5.10 Å². The monoisotopic (exact) mass is 325 g/mol. The predicted molar refractivity (Wildman–Crippen MR) is 88.1 cm³/mol. The van der Waals surface area contributed by atoms with Crippen LogP contribution in [0.5, 0.6) is 0 Å². The van der Waals surface area contributed by atoms with Crippen LogP contribution in [-0.2, 0) is 19.4 Å². The predicted octanol–water partition coefficient (Wildman–Crippen LogP) is 3.39. The third kappa shape index (κ3) is 2.83. The maximum atomic E-state index is 13.6. The Bertz CT molecular complexity index is 869. The number of rotatable bonds is 3. The van der Waals surface area contributed by atoms with E-state index >= 15 is 0 Å². The van der Waals surface area contributed by atoms with Crippen molar-refractivity contribution in [2.75, 3.05) is 6.54 Å². The number of hydrogen-bond donors (Lipinski definition) is 1. The molecular weight excluding hydrogens is 308 g/mol. The van der Waals surface area contributed by atoms with Crippen LogP contribution in [-0.4, -0.2) is 16.3 Å². The van der Waals surface area contributed by atoms with Crippen molar-refractivity contribution in [3.63, 3.8) is 0 Å². The van der Waals surface area contributed by atoms with Crippen LogP contribution in [0.3, 0.4) is 0 Å². The molecule has 1 aliphatic rings. The highest BCUT2D eigenvalue weighted by Crippen LogP contribution is 2.24. The quantitative estimate of drug-likeness (QED) is 0.800. The summed E-state index contributed by atoms with van der Waals surface area (Å²) in [6.45, 7) is 1.63. The maximum absolute atomic E-state index is 13.6. The number of hydrogen-bond acceptors (Lipinski definition) is 2. The lowest BCUT2D eigenvalue weighted by Gasteiger charge is -2.15. The minimum Gasteiger partial charge on any atom is -0.312 e. The van der Waals surface area contributed by atoms with Gasteiger partial charge in [-0.25, -0.2) is 13.5 Å². The lowest BCUT2D eigenvalue weighted by molar-refractivity contribution is 0.614. The van der Waals surface area contributed by atoms with Crippen LogP contribution in [0.25, 0.3) is 5.69 Å². The van der Waals surface area contributed by atoms with Gasteiger partial charge in [-0.3, -0.25) is 0 Å². The third-order valence-electron chi connectivity index (χ3n) is 4.35. The SMILES string of the molecule is Fc1ccc(Cc2nn(-c3cccc(F)c3)c3c2CNCC3)cc1. The molecule has 1 N–H and O–H groups in total. The molecule has 0 radical (unpaired) electrons. The van der Waals surface area contributed by atoms with Crippen molar-refractivity contribution in [2.24, 2.45) is 0 Å². The second-order valence-corrected chi connectivity index (χ2v) is 5.99. The topological polar surface area (TPSA) is 29.9 Å². The molecule has 0 atom stereocenters. The molecule has 122 valence electrons. The Balaban J connectivity index is 1.76. The first-order valence-electron chi connectivity index (χ1n) is 8.01. The molecule has 0 spiro atoms. The van der Waals surface area contributed by atoms with Crippen molar-refractivity contribution in [1.82, 2.24) is 15.1 Å². The van der Waals surface area contributed by atoms with Crippen molar-refractivity contribution in [3.8, 4) is 5.69 Å². The molecule has 5 heteroatoms. The Kier molecular flexibility index (Phi) is 3.86. The minimum atomic E-state index is -0.272. The normalized spacial score (nSPS) is 13.8. The van der Waals surface area contributed by atoms with Gasteiger partial charge in [0.05, 0.1) is 17.1 Å². The fraction of sp³-hybridized carbons (Fsp3) is 0.211. The van der Waals surface area contributed by atoms with Gasteiger partial charge in [-0.05, 0) is 35.9 Å². The Morgan fingerprint density at radius 1 is 1.04 bits per heavy atom. The van der Waals surface area contributed by atoms with Crippen LogP contribution in [0.4, 0.5) is 8.78 Å². The van der Waals surface area contributed by atoms with Gasteiger partial charge >= 0.3 is 0 Å². The zero-order chi connectivity index (χ0) is 16.5. The Morgan fingerprint density at radius 2 is 1.88 bits per heavy atom. The summed E-state index contributed by atoms with van der Waals surface area (Å²) in [5, 5.41) is 8.10. The van der Waals surface area contributed by atoms with E-state index in [0.717, 1.165) is 47.7 Å². The molecule has 0 amide bonds. The van der Waals surface area contributed by atoms with Gasteiger partial charge in [0.15, 0.2) is 0 Å². The number of nitrogens with zero attached hydrogens (tertiary/aromatic N) is 2. The molecule has 0 aliphatic carbocycles. The molecule has 2 aromatic carbocycles. The van der Waals surface area contributed by atoms with E-state index < -0.39 is 0 Å². The van der Waals surface area contributed by atoms with Crippen LogP contribution in [0.2, 0.25) is 0 Å². The molecule has 3 aromatic rings. The lowest BCUT2D eigenvalue weighted by atomic mass is 10.0. The van der Waals surface area contributed by atoms with Crippen LogP contribution in [0, 0.1) is 11.6 Å². The highest BCUT2D eigenvalue weighted by Gasteiger charge is 2.21. The molecule has 4 rings (SSSR count). The van der Waals surface area contributed by atoms with Crippen LogP contribution < -0.4 is 5.32 Å². The molecule has 3 nitrogen and oxygen atoms in total. The zero-order valence-electron chi connectivity index (χ0n) is 13.1. The van der Waals surface area contributed by atoms with Crippen molar-refractivity contribution in [3.05, 3.63) is 82.7 Å². The van der Waals surface area contributed by atoms with Crippen LogP contribution in [0.15, 0.2) is 48.5 Å². The summed E-state index contributed by atoms with van der Waals surface area (Å²) >= 11 is 0. The molecule has 0 fully saturated rings. The summed E-state index contributed by atoms with van der Waals surface area (Å²) in [7, 11) is 0. The standard InChI is InChI=1S/C19H17F2N3/c20-14-6-4-13(5-7-14)10-18-17-12-22-9-8-19(17)24(23-18)16-3-1-2-15(21)11-16/h1-7,11,22H,8-10,12H2. The van der Waals surface area contributed by atoms with Gasteiger partial charge in [0.1, 0.15) is 11.6 Å². The second kappa shape index (κ2) is 6.17. The minimum absolute atomic E-state index is 0.243. The summed E-state index contributed by atoms with van der Waals surface area (Å²) in [4.78, 5) is 0. The van der Waals surface area contributed by atoms with Gasteiger partial charge in [0.2, 0.25) is 0 Å². The summed E-state index contributed by atoms with van der Waals surface area (Å²) in [6.07, 6.45) is 1.48. The smallest absolute Gasteiger partial charge is 0.125 e. The van der Waals surface area contributed by atoms with E-state index in [1.54, 1.807) is 18.2 Å². The first-order valence-corrected chi connectivity index (χ1v) is 8.01. The molecule has 24 heavy (non-hydrogen) atoms. The Morgan fingerprint density at radius 3 is 2.67 bits per heavy atom. The van der Waals surface area contributed by atoms with Crippen molar-refractivity contribution >= 4 is 0 Å². The second-order valence-electron chi connectivity index (χ2n) is 5.99. The molecule has 1 aromatic heterocycles. The number of benzene rings is 2. The Labute approximate surface area is 138 Å². The van der Waals surface area contributed by atoms with E-state index in [9.17, 15) is 8.78 Å². The number of aromatic nitrogens is 2. The molecular formula is C19H17F2N3. The largest absolute Gasteiger partial charge is 0.312 e. The Hall–Kier alpha value is -2.53. The average Bonchev–Trinajstić information content (AvgIpc) is 2.96. The maximum Gasteiger partial charge on any atom is 0.125 e. The molecule has 1 aliphatic heterocycles. The van der Waals surface area contributed by atoms with E-state index in [-0.39, 0.29) is 11.6 Å². The van der Waals surface area contributed by atoms with Crippen molar-refractivity contribution < 1.29 is 8.78 Å².